The number of hydrogen-bond acceptors (Lipinski definition) is 3. The first-order chi connectivity index (χ1) is 8.56. The number of phenolic OH excluding ortho intramolecular Hbond substituents is 1. The molecule has 1 aliphatic heterocycles. The van der Waals surface area contributed by atoms with Gasteiger partial charge < -0.3 is 14.9 Å². The lowest BCUT2D eigenvalue weighted by atomic mass is 10.1. The quantitative estimate of drug-likeness (QED) is 0.926. The molecule has 1 N–H and O–H groups in total. The molecule has 1 aromatic carbocycles. The summed E-state index contributed by atoms with van der Waals surface area (Å²) in [6.45, 7) is 3.05. The SMILES string of the molecule is CN(Cc1cc(Br)ccc1O)CC1CCCN1C. The fourth-order valence-electron chi connectivity index (χ4n) is 2.61. The van der Waals surface area contributed by atoms with Gasteiger partial charge in [-0.3, -0.25) is 0 Å². The number of halogens is 1. The van der Waals surface area contributed by atoms with Gasteiger partial charge in [0, 0.05) is 29.2 Å². The summed E-state index contributed by atoms with van der Waals surface area (Å²) in [7, 11) is 4.31. The Hall–Kier alpha value is -0.580. The largest absolute Gasteiger partial charge is 0.508 e. The molecule has 1 heterocycles. The summed E-state index contributed by atoms with van der Waals surface area (Å²) in [6, 6.07) is 6.26. The number of likely N-dealkylation sites (N-methyl/N-ethyl adjacent to an activating group) is 2. The van der Waals surface area contributed by atoms with Crippen LogP contribution in [0, 0.1) is 0 Å². The lowest BCUT2D eigenvalue weighted by Gasteiger charge is -2.26. The van der Waals surface area contributed by atoms with E-state index in [4.69, 9.17) is 0 Å². The Morgan fingerprint density at radius 1 is 1.50 bits per heavy atom. The van der Waals surface area contributed by atoms with Crippen LogP contribution >= 0.6 is 15.9 Å². The minimum atomic E-state index is 0.379. The number of benzene rings is 1. The third-order valence-corrected chi connectivity index (χ3v) is 4.17. The Bertz CT molecular complexity index is 411. The highest BCUT2D eigenvalue weighted by Crippen LogP contribution is 2.23. The number of likely N-dealkylation sites (tertiary alicyclic amines) is 1. The first kappa shape index (κ1) is 13.8. The van der Waals surface area contributed by atoms with Crippen molar-refractivity contribution in [2.45, 2.75) is 25.4 Å². The van der Waals surface area contributed by atoms with Crippen LogP contribution in [-0.4, -0.2) is 48.1 Å². The van der Waals surface area contributed by atoms with E-state index in [-0.39, 0.29) is 0 Å². The molecule has 0 saturated carbocycles. The maximum atomic E-state index is 9.84. The summed E-state index contributed by atoms with van der Waals surface area (Å²) in [5, 5.41) is 9.84. The zero-order chi connectivity index (χ0) is 13.1. The van der Waals surface area contributed by atoms with Gasteiger partial charge in [-0.1, -0.05) is 15.9 Å². The van der Waals surface area contributed by atoms with Crippen molar-refractivity contribution in [1.29, 1.82) is 0 Å². The fraction of sp³-hybridized carbons (Fsp3) is 0.571. The van der Waals surface area contributed by atoms with Crippen LogP contribution in [0.25, 0.3) is 0 Å². The average Bonchev–Trinajstić information content (AvgIpc) is 2.70. The van der Waals surface area contributed by atoms with Gasteiger partial charge in [0.2, 0.25) is 0 Å². The lowest BCUT2D eigenvalue weighted by molar-refractivity contribution is 0.214. The van der Waals surface area contributed by atoms with Crippen molar-refractivity contribution in [3.8, 4) is 5.75 Å². The van der Waals surface area contributed by atoms with E-state index in [1.54, 1.807) is 6.07 Å². The third-order valence-electron chi connectivity index (χ3n) is 3.68. The molecule has 0 amide bonds. The Morgan fingerprint density at radius 3 is 2.94 bits per heavy atom. The molecule has 4 heteroatoms. The normalized spacial score (nSPS) is 20.8. The molecular formula is C14H21BrN2O. The van der Waals surface area contributed by atoms with Crippen LogP contribution in [0.5, 0.6) is 5.75 Å². The molecule has 0 aliphatic carbocycles. The first-order valence-electron chi connectivity index (χ1n) is 6.42. The molecule has 1 atom stereocenters. The van der Waals surface area contributed by atoms with E-state index in [2.05, 4.69) is 39.8 Å². The summed E-state index contributed by atoms with van der Waals surface area (Å²) >= 11 is 3.45. The number of aromatic hydroxyl groups is 1. The van der Waals surface area contributed by atoms with Crippen molar-refractivity contribution in [3.05, 3.63) is 28.2 Å². The maximum absolute atomic E-state index is 9.84. The van der Waals surface area contributed by atoms with Gasteiger partial charge in [0.15, 0.2) is 0 Å². The maximum Gasteiger partial charge on any atom is 0.120 e. The highest BCUT2D eigenvalue weighted by atomic mass is 79.9. The van der Waals surface area contributed by atoms with Crippen LogP contribution in [0.2, 0.25) is 0 Å². The smallest absolute Gasteiger partial charge is 0.120 e. The van der Waals surface area contributed by atoms with Crippen molar-refractivity contribution >= 4 is 15.9 Å². The van der Waals surface area contributed by atoms with Gasteiger partial charge in [0.05, 0.1) is 0 Å². The Kier molecular flexibility index (Phi) is 4.65. The highest BCUT2D eigenvalue weighted by Gasteiger charge is 2.22. The summed E-state index contributed by atoms with van der Waals surface area (Å²) in [5.74, 6) is 0.379. The molecule has 1 aliphatic rings. The molecule has 100 valence electrons. The van der Waals surface area contributed by atoms with Gasteiger partial charge in [-0.15, -0.1) is 0 Å². The van der Waals surface area contributed by atoms with E-state index < -0.39 is 0 Å². The van der Waals surface area contributed by atoms with Gasteiger partial charge in [0.1, 0.15) is 5.75 Å². The molecular weight excluding hydrogens is 292 g/mol. The highest BCUT2D eigenvalue weighted by molar-refractivity contribution is 9.10. The van der Waals surface area contributed by atoms with Crippen LogP contribution < -0.4 is 0 Å². The number of hydrogen-bond donors (Lipinski definition) is 1. The van der Waals surface area contributed by atoms with E-state index >= 15 is 0 Å². The Labute approximate surface area is 118 Å². The van der Waals surface area contributed by atoms with E-state index in [1.165, 1.54) is 19.4 Å². The van der Waals surface area contributed by atoms with Gasteiger partial charge in [0.25, 0.3) is 0 Å². The second-order valence-electron chi connectivity index (χ2n) is 5.25. The predicted octanol–water partition coefficient (Wildman–Crippen LogP) is 2.68. The van der Waals surface area contributed by atoms with E-state index in [0.717, 1.165) is 23.1 Å². The Morgan fingerprint density at radius 2 is 2.28 bits per heavy atom. The molecule has 0 aromatic heterocycles. The van der Waals surface area contributed by atoms with Crippen LogP contribution in [-0.2, 0) is 6.54 Å². The molecule has 0 spiro atoms. The molecule has 18 heavy (non-hydrogen) atoms. The molecule has 1 aromatic rings. The van der Waals surface area contributed by atoms with E-state index in [0.29, 0.717) is 11.8 Å². The van der Waals surface area contributed by atoms with Crippen molar-refractivity contribution in [2.24, 2.45) is 0 Å². The minimum absolute atomic E-state index is 0.379. The Balaban J connectivity index is 1.94. The number of rotatable bonds is 4. The average molecular weight is 313 g/mol. The van der Waals surface area contributed by atoms with E-state index in [9.17, 15) is 5.11 Å². The molecule has 0 radical (unpaired) electrons. The number of phenols is 1. The summed E-state index contributed by atoms with van der Waals surface area (Å²) in [5.41, 5.74) is 0.979. The molecule has 1 unspecified atom stereocenters. The summed E-state index contributed by atoms with van der Waals surface area (Å²) in [4.78, 5) is 4.71. The van der Waals surface area contributed by atoms with Crippen LogP contribution in [0.1, 0.15) is 18.4 Å². The van der Waals surface area contributed by atoms with Gasteiger partial charge in [-0.25, -0.2) is 0 Å². The molecule has 0 bridgehead atoms. The van der Waals surface area contributed by atoms with Gasteiger partial charge >= 0.3 is 0 Å². The van der Waals surface area contributed by atoms with Crippen LogP contribution in [0.3, 0.4) is 0 Å². The third kappa shape index (κ3) is 3.46. The standard InChI is InChI=1S/C14H21BrN2O/c1-16(10-13-4-3-7-17(13)2)9-11-8-12(15)5-6-14(11)18/h5-6,8,13,18H,3-4,7,9-10H2,1-2H3. The zero-order valence-corrected chi connectivity index (χ0v) is 12.7. The second kappa shape index (κ2) is 6.04. The second-order valence-corrected chi connectivity index (χ2v) is 6.16. The minimum Gasteiger partial charge on any atom is -0.508 e. The molecule has 1 fully saturated rings. The van der Waals surface area contributed by atoms with Crippen molar-refractivity contribution in [2.75, 3.05) is 27.2 Å². The topological polar surface area (TPSA) is 26.7 Å². The van der Waals surface area contributed by atoms with Crippen LogP contribution in [0.4, 0.5) is 0 Å². The molecule has 1 saturated heterocycles. The van der Waals surface area contributed by atoms with Crippen molar-refractivity contribution < 1.29 is 5.11 Å². The van der Waals surface area contributed by atoms with Gasteiger partial charge in [-0.2, -0.15) is 0 Å². The predicted molar refractivity (Wildman–Crippen MR) is 77.8 cm³/mol. The van der Waals surface area contributed by atoms with E-state index in [1.807, 2.05) is 12.1 Å². The summed E-state index contributed by atoms with van der Waals surface area (Å²) < 4.78 is 1.02. The molecule has 3 nitrogen and oxygen atoms in total. The molecule has 2 rings (SSSR count). The van der Waals surface area contributed by atoms with Gasteiger partial charge in [-0.05, 0) is 51.7 Å². The lowest BCUT2D eigenvalue weighted by Crippen LogP contribution is -2.36. The first-order valence-corrected chi connectivity index (χ1v) is 7.21. The summed E-state index contributed by atoms with van der Waals surface area (Å²) in [6.07, 6.45) is 2.59. The fourth-order valence-corrected chi connectivity index (χ4v) is 3.01. The van der Waals surface area contributed by atoms with Crippen LogP contribution in [0.15, 0.2) is 22.7 Å². The van der Waals surface area contributed by atoms with Crippen molar-refractivity contribution in [3.63, 3.8) is 0 Å². The monoisotopic (exact) mass is 312 g/mol. The van der Waals surface area contributed by atoms with Crippen molar-refractivity contribution in [1.82, 2.24) is 9.80 Å². The zero-order valence-electron chi connectivity index (χ0n) is 11.1. The number of nitrogens with zero attached hydrogens (tertiary/aromatic N) is 2.